The van der Waals surface area contributed by atoms with E-state index in [1.807, 2.05) is 31.1 Å². The molecule has 11 heteroatoms. The highest BCUT2D eigenvalue weighted by Gasteiger charge is 2.52. The molecule has 0 radical (unpaired) electrons. The fraction of sp³-hybridized carbons (Fsp3) is 0.500. The first-order valence-electron chi connectivity index (χ1n) is 16.8. The van der Waals surface area contributed by atoms with Gasteiger partial charge in [-0.2, -0.15) is 0 Å². The molecule has 1 aromatic carbocycles. The van der Waals surface area contributed by atoms with E-state index in [0.717, 1.165) is 57.4 Å². The van der Waals surface area contributed by atoms with Crippen molar-refractivity contribution in [1.82, 2.24) is 29.2 Å². The van der Waals surface area contributed by atoms with Gasteiger partial charge >= 0.3 is 5.69 Å². The quantitative estimate of drug-likeness (QED) is 0.399. The molecule has 4 aliphatic rings. The predicted molar refractivity (Wildman–Crippen MR) is 179 cm³/mol. The van der Waals surface area contributed by atoms with Crippen LogP contribution in [0.15, 0.2) is 64.3 Å². The Labute approximate surface area is 273 Å². The Morgan fingerprint density at radius 1 is 1.09 bits per heavy atom. The maximum atomic E-state index is 14.5. The van der Waals surface area contributed by atoms with Gasteiger partial charge in [0.1, 0.15) is 5.82 Å². The number of hydrogen-bond donors (Lipinski definition) is 1. The van der Waals surface area contributed by atoms with Crippen LogP contribution in [0.25, 0.3) is 16.7 Å². The molecule has 0 bridgehead atoms. The largest absolute Gasteiger partial charge is 0.379 e. The summed E-state index contributed by atoms with van der Waals surface area (Å²) in [4.78, 5) is 49.7. The molecule has 1 aliphatic heterocycles. The molecule has 2 saturated carbocycles. The Morgan fingerprint density at radius 2 is 1.81 bits per heavy atom. The summed E-state index contributed by atoms with van der Waals surface area (Å²) >= 11 is 0. The van der Waals surface area contributed by atoms with Crippen molar-refractivity contribution in [3.8, 4) is 0 Å². The SMILES string of the molecule is CN(C)C1(C(=O)NC2CCC(n3c(=O)c4cc(F)cnc4n(C4=CC=CC(c5ccc(CN6CCOCC6)cc5)C4)c3=O)CC2)CC1. The van der Waals surface area contributed by atoms with Crippen LogP contribution >= 0.6 is 0 Å². The number of benzene rings is 1. The second-order valence-electron chi connectivity index (χ2n) is 13.7. The van der Waals surface area contributed by atoms with Gasteiger partial charge in [-0.3, -0.25) is 24.0 Å². The zero-order valence-corrected chi connectivity index (χ0v) is 27.2. The number of carbonyl (C=O) groups excluding carboxylic acids is 1. The highest BCUT2D eigenvalue weighted by Crippen LogP contribution is 2.41. The van der Waals surface area contributed by atoms with Crippen molar-refractivity contribution < 1.29 is 13.9 Å². The van der Waals surface area contributed by atoms with Crippen molar-refractivity contribution in [1.29, 1.82) is 0 Å². The van der Waals surface area contributed by atoms with E-state index in [0.29, 0.717) is 37.8 Å². The van der Waals surface area contributed by atoms with Crippen LogP contribution in [0.1, 0.15) is 68.0 Å². The van der Waals surface area contributed by atoms with Gasteiger partial charge < -0.3 is 10.1 Å². The van der Waals surface area contributed by atoms with Gasteiger partial charge in [0.25, 0.3) is 5.56 Å². The van der Waals surface area contributed by atoms with Gasteiger partial charge in [-0.05, 0) is 82.3 Å². The van der Waals surface area contributed by atoms with Crippen molar-refractivity contribution in [2.45, 2.75) is 75.0 Å². The summed E-state index contributed by atoms with van der Waals surface area (Å²) in [5.74, 6) is -0.553. The van der Waals surface area contributed by atoms with Crippen molar-refractivity contribution in [2.75, 3.05) is 40.4 Å². The lowest BCUT2D eigenvalue weighted by Gasteiger charge is -2.32. The molecule has 1 unspecified atom stereocenters. The summed E-state index contributed by atoms with van der Waals surface area (Å²) < 4.78 is 22.8. The fourth-order valence-electron chi connectivity index (χ4n) is 7.50. The summed E-state index contributed by atoms with van der Waals surface area (Å²) in [6, 6.07) is 9.41. The van der Waals surface area contributed by atoms with Crippen LogP contribution in [0.5, 0.6) is 0 Å². The van der Waals surface area contributed by atoms with Crippen LogP contribution in [0.4, 0.5) is 4.39 Å². The molecule has 3 aromatic rings. The van der Waals surface area contributed by atoms with E-state index in [-0.39, 0.29) is 34.9 Å². The van der Waals surface area contributed by atoms with Crippen LogP contribution < -0.4 is 16.6 Å². The number of halogens is 1. The highest BCUT2D eigenvalue weighted by atomic mass is 19.1. The minimum atomic E-state index is -0.625. The zero-order valence-electron chi connectivity index (χ0n) is 27.2. The zero-order chi connectivity index (χ0) is 32.7. The number of aromatic nitrogens is 3. The third kappa shape index (κ3) is 6.24. The lowest BCUT2D eigenvalue weighted by atomic mass is 9.90. The summed E-state index contributed by atoms with van der Waals surface area (Å²) in [7, 11) is 3.86. The molecule has 10 nitrogen and oxygen atoms in total. The number of allylic oxidation sites excluding steroid dienone is 4. The molecule has 1 amide bonds. The normalized spacial score (nSPS) is 24.3. The number of nitrogens with one attached hydrogen (secondary N) is 1. The Bertz CT molecular complexity index is 1830. The number of fused-ring (bicyclic) bond motifs is 1. The molecule has 47 heavy (non-hydrogen) atoms. The summed E-state index contributed by atoms with van der Waals surface area (Å²) in [5, 5.41) is 3.30. The minimum absolute atomic E-state index is 0.0131. The number of rotatable bonds is 8. The van der Waals surface area contributed by atoms with E-state index in [9.17, 15) is 18.8 Å². The van der Waals surface area contributed by atoms with E-state index < -0.39 is 22.6 Å². The topological polar surface area (TPSA) is 102 Å². The first-order valence-corrected chi connectivity index (χ1v) is 16.8. The number of likely N-dealkylation sites (N-methyl/N-ethyl adjacent to an activating group) is 1. The van der Waals surface area contributed by atoms with Crippen molar-refractivity contribution in [3.63, 3.8) is 0 Å². The van der Waals surface area contributed by atoms with Gasteiger partial charge in [-0.25, -0.2) is 18.7 Å². The maximum absolute atomic E-state index is 14.5. The molecule has 1 N–H and O–H groups in total. The monoisotopic (exact) mass is 642 g/mol. The smallest absolute Gasteiger partial charge is 0.337 e. The number of carbonyl (C=O) groups is 1. The average molecular weight is 643 g/mol. The molecule has 1 saturated heterocycles. The molecule has 3 aliphatic carbocycles. The first kappa shape index (κ1) is 31.7. The van der Waals surface area contributed by atoms with Crippen molar-refractivity contribution >= 4 is 22.6 Å². The third-order valence-corrected chi connectivity index (χ3v) is 10.6. The number of hydrogen-bond acceptors (Lipinski definition) is 7. The molecule has 248 valence electrons. The molecule has 3 fully saturated rings. The molecule has 1 atom stereocenters. The van der Waals surface area contributed by atoms with Gasteiger partial charge in [0, 0.05) is 43.3 Å². The molecule has 0 spiro atoms. The number of ether oxygens (including phenoxy) is 1. The standard InChI is InChI=1S/C36H43FN6O4/c1-40(2)36(14-15-36)34(45)39-28-10-12-29(13-11-28)43-33(44)31-21-27(37)22-38-32(31)42(35(43)46)30-5-3-4-26(20-30)25-8-6-24(7-9-25)23-41-16-18-47-19-17-41/h3-9,21-22,26,28-29H,10-20,23H2,1-2H3,(H,39,45). The average Bonchev–Trinajstić information content (AvgIpc) is 3.90. The van der Waals surface area contributed by atoms with E-state index in [2.05, 4.69) is 45.5 Å². The van der Waals surface area contributed by atoms with Crippen molar-refractivity contribution in [3.05, 3.63) is 92.5 Å². The highest BCUT2D eigenvalue weighted by molar-refractivity contribution is 5.89. The first-order chi connectivity index (χ1) is 22.7. The fourth-order valence-corrected chi connectivity index (χ4v) is 7.50. The van der Waals surface area contributed by atoms with Gasteiger partial charge in [-0.15, -0.1) is 0 Å². The Kier molecular flexibility index (Phi) is 8.71. The van der Waals surface area contributed by atoms with Gasteiger partial charge in [-0.1, -0.05) is 36.4 Å². The molecule has 7 rings (SSSR count). The van der Waals surface area contributed by atoms with Crippen LogP contribution in [-0.2, 0) is 16.1 Å². The van der Waals surface area contributed by atoms with E-state index >= 15 is 0 Å². The minimum Gasteiger partial charge on any atom is -0.379 e. The van der Waals surface area contributed by atoms with E-state index in [1.165, 1.54) is 20.8 Å². The molecule has 3 heterocycles. The van der Waals surface area contributed by atoms with Gasteiger partial charge in [0.2, 0.25) is 5.91 Å². The summed E-state index contributed by atoms with van der Waals surface area (Å²) in [6.07, 6.45) is 11.6. The number of amides is 1. The maximum Gasteiger partial charge on any atom is 0.337 e. The Balaban J connectivity index is 1.13. The predicted octanol–water partition coefficient (Wildman–Crippen LogP) is 3.81. The van der Waals surface area contributed by atoms with E-state index in [1.54, 1.807) is 0 Å². The van der Waals surface area contributed by atoms with Crippen molar-refractivity contribution in [2.24, 2.45) is 0 Å². The van der Waals surface area contributed by atoms with Crippen LogP contribution in [0, 0.1) is 5.82 Å². The number of pyridine rings is 1. The molecule has 2 aromatic heterocycles. The Hall–Kier alpha value is -3.93. The van der Waals surface area contributed by atoms with Gasteiger partial charge in [0.05, 0.1) is 30.3 Å². The van der Waals surface area contributed by atoms with Crippen LogP contribution in [0.3, 0.4) is 0 Å². The van der Waals surface area contributed by atoms with Gasteiger partial charge in [0.15, 0.2) is 5.65 Å². The lowest BCUT2D eigenvalue weighted by Crippen LogP contribution is -2.50. The third-order valence-electron chi connectivity index (χ3n) is 10.6. The van der Waals surface area contributed by atoms with Crippen LogP contribution in [0.2, 0.25) is 0 Å². The summed E-state index contributed by atoms with van der Waals surface area (Å²) in [5.41, 5.74) is 1.84. The van der Waals surface area contributed by atoms with Crippen LogP contribution in [-0.4, -0.2) is 81.8 Å². The summed E-state index contributed by atoms with van der Waals surface area (Å²) in [6.45, 7) is 4.27. The molecular weight excluding hydrogens is 599 g/mol. The second-order valence-corrected chi connectivity index (χ2v) is 13.7. The lowest BCUT2D eigenvalue weighted by molar-refractivity contribution is -0.128. The van der Waals surface area contributed by atoms with E-state index in [4.69, 9.17) is 4.74 Å². The molecular formula is C36H43FN6O4. The second kappa shape index (κ2) is 12.9. The number of nitrogens with zero attached hydrogens (tertiary/aromatic N) is 5. The number of morpholine rings is 1. The Morgan fingerprint density at radius 3 is 2.49 bits per heavy atom.